The largest absolute Gasteiger partial charge is 0.421 e. The van der Waals surface area contributed by atoms with E-state index in [1.165, 1.54) is 0 Å². The highest BCUT2D eigenvalue weighted by atomic mass is 16.5. The number of anilines is 1. The fraction of sp³-hybridized carbons (Fsp3) is 0.250. The van der Waals surface area contributed by atoms with Crippen LogP contribution >= 0.6 is 0 Å². The van der Waals surface area contributed by atoms with Gasteiger partial charge < -0.3 is 14.5 Å². The van der Waals surface area contributed by atoms with Gasteiger partial charge in [0.1, 0.15) is 0 Å². The van der Waals surface area contributed by atoms with Crippen molar-refractivity contribution in [2.45, 2.75) is 25.4 Å². The molecule has 3 aromatic rings. The number of benzene rings is 2. The van der Waals surface area contributed by atoms with Crippen molar-refractivity contribution in [1.82, 2.24) is 10.2 Å². The summed E-state index contributed by atoms with van der Waals surface area (Å²) < 4.78 is 11.3. The highest BCUT2D eigenvalue weighted by molar-refractivity contribution is 5.98. The predicted octanol–water partition coefficient (Wildman–Crippen LogP) is 3.69. The molecule has 1 aliphatic heterocycles. The first-order chi connectivity index (χ1) is 12.7. The first-order valence-corrected chi connectivity index (χ1v) is 8.59. The molecule has 26 heavy (non-hydrogen) atoms. The van der Waals surface area contributed by atoms with E-state index in [0.717, 1.165) is 17.5 Å². The highest BCUT2D eigenvalue weighted by Gasteiger charge is 2.44. The summed E-state index contributed by atoms with van der Waals surface area (Å²) in [4.78, 5) is 13.0. The Labute approximate surface area is 151 Å². The molecule has 2 aromatic carbocycles. The van der Waals surface area contributed by atoms with Crippen LogP contribution < -0.4 is 5.32 Å². The Kier molecular flexibility index (Phi) is 4.26. The fourth-order valence-corrected chi connectivity index (χ4v) is 3.23. The molecule has 132 valence electrons. The van der Waals surface area contributed by atoms with Gasteiger partial charge in [-0.25, -0.2) is 0 Å². The third-order valence-electron chi connectivity index (χ3n) is 4.54. The van der Waals surface area contributed by atoms with Crippen molar-refractivity contribution in [1.29, 1.82) is 0 Å². The normalized spacial score (nSPS) is 19.4. The maximum absolute atomic E-state index is 13.0. The third kappa shape index (κ3) is 2.99. The Morgan fingerprint density at radius 2 is 1.85 bits per heavy atom. The molecule has 1 aliphatic rings. The Morgan fingerprint density at radius 1 is 1.08 bits per heavy atom. The summed E-state index contributed by atoms with van der Waals surface area (Å²) in [5.74, 6) is 0.823. The van der Waals surface area contributed by atoms with Crippen LogP contribution in [0.2, 0.25) is 0 Å². The van der Waals surface area contributed by atoms with Gasteiger partial charge in [0, 0.05) is 24.8 Å². The SMILES string of the molecule is Cc1nnc(-c2ccc(NC(=O)C3(c4ccccc4)CCCO3)cc2)o1. The lowest BCUT2D eigenvalue weighted by Crippen LogP contribution is -2.39. The zero-order chi connectivity index (χ0) is 18.0. The van der Waals surface area contributed by atoms with E-state index in [-0.39, 0.29) is 5.91 Å². The number of amides is 1. The van der Waals surface area contributed by atoms with Crippen LogP contribution in [0.5, 0.6) is 0 Å². The molecule has 6 nitrogen and oxygen atoms in total. The van der Waals surface area contributed by atoms with E-state index in [1.54, 1.807) is 6.92 Å². The zero-order valence-electron chi connectivity index (χ0n) is 14.4. The fourth-order valence-electron chi connectivity index (χ4n) is 3.23. The van der Waals surface area contributed by atoms with Gasteiger partial charge >= 0.3 is 0 Å². The number of hydrogen-bond acceptors (Lipinski definition) is 5. The van der Waals surface area contributed by atoms with Crippen LogP contribution in [0, 0.1) is 6.92 Å². The summed E-state index contributed by atoms with van der Waals surface area (Å²) in [5.41, 5.74) is 1.45. The summed E-state index contributed by atoms with van der Waals surface area (Å²) in [6, 6.07) is 17.0. The first-order valence-electron chi connectivity index (χ1n) is 8.59. The van der Waals surface area contributed by atoms with E-state index in [4.69, 9.17) is 9.15 Å². The number of carbonyl (C=O) groups excluding carboxylic acids is 1. The second-order valence-corrected chi connectivity index (χ2v) is 6.30. The Balaban J connectivity index is 1.55. The number of nitrogens with one attached hydrogen (secondary N) is 1. The number of rotatable bonds is 4. The van der Waals surface area contributed by atoms with Gasteiger partial charge in [-0.3, -0.25) is 4.79 Å². The lowest BCUT2D eigenvalue weighted by Gasteiger charge is -2.27. The molecule has 1 unspecified atom stereocenters. The van der Waals surface area contributed by atoms with Crippen molar-refractivity contribution in [2.75, 3.05) is 11.9 Å². The summed E-state index contributed by atoms with van der Waals surface area (Å²) >= 11 is 0. The molecule has 0 saturated carbocycles. The summed E-state index contributed by atoms with van der Waals surface area (Å²) in [5, 5.41) is 10.8. The Bertz CT molecular complexity index is 898. The van der Waals surface area contributed by atoms with Crippen LogP contribution in [0.4, 0.5) is 5.69 Å². The molecule has 4 rings (SSSR count). The van der Waals surface area contributed by atoms with Crippen LogP contribution in [-0.4, -0.2) is 22.7 Å². The van der Waals surface area contributed by atoms with Gasteiger partial charge in [-0.05, 0) is 42.7 Å². The predicted molar refractivity (Wildman–Crippen MR) is 96.4 cm³/mol. The van der Waals surface area contributed by atoms with Crippen LogP contribution in [0.3, 0.4) is 0 Å². The molecule has 1 atom stereocenters. The lowest BCUT2D eigenvalue weighted by molar-refractivity contribution is -0.136. The number of nitrogens with zero attached hydrogens (tertiary/aromatic N) is 2. The molecule has 1 N–H and O–H groups in total. The number of ether oxygens (including phenoxy) is 1. The molecule has 2 heterocycles. The molecule has 1 saturated heterocycles. The number of aryl methyl sites for hydroxylation is 1. The van der Waals surface area contributed by atoms with Crippen LogP contribution in [0.1, 0.15) is 24.3 Å². The average Bonchev–Trinajstić information content (AvgIpc) is 3.33. The van der Waals surface area contributed by atoms with Crippen LogP contribution in [0.15, 0.2) is 59.0 Å². The molecule has 0 radical (unpaired) electrons. The molecule has 1 fully saturated rings. The number of hydrogen-bond donors (Lipinski definition) is 1. The van der Waals surface area contributed by atoms with Gasteiger partial charge in [-0.2, -0.15) is 0 Å². The lowest BCUT2D eigenvalue weighted by atomic mass is 9.89. The van der Waals surface area contributed by atoms with Crippen molar-refractivity contribution < 1.29 is 13.9 Å². The quantitative estimate of drug-likeness (QED) is 0.777. The van der Waals surface area contributed by atoms with E-state index in [2.05, 4.69) is 15.5 Å². The van der Waals surface area contributed by atoms with Crippen LogP contribution in [-0.2, 0) is 15.1 Å². The van der Waals surface area contributed by atoms with Gasteiger partial charge in [0.25, 0.3) is 5.91 Å². The number of aromatic nitrogens is 2. The van der Waals surface area contributed by atoms with Gasteiger partial charge in [0.05, 0.1) is 0 Å². The van der Waals surface area contributed by atoms with E-state index in [0.29, 0.717) is 30.5 Å². The minimum atomic E-state index is -0.927. The van der Waals surface area contributed by atoms with Gasteiger partial charge in [0.2, 0.25) is 11.8 Å². The second-order valence-electron chi connectivity index (χ2n) is 6.30. The van der Waals surface area contributed by atoms with E-state index < -0.39 is 5.60 Å². The standard InChI is InChI=1S/C20H19N3O3/c1-14-22-23-18(26-14)15-8-10-17(11-9-15)21-19(24)20(12-5-13-25-20)16-6-3-2-4-7-16/h2-4,6-11H,5,12-13H2,1H3,(H,21,24). The highest BCUT2D eigenvalue weighted by Crippen LogP contribution is 2.37. The van der Waals surface area contributed by atoms with E-state index in [9.17, 15) is 4.79 Å². The molecule has 1 aromatic heterocycles. The van der Waals surface area contributed by atoms with Crippen molar-refractivity contribution in [3.63, 3.8) is 0 Å². The minimum absolute atomic E-state index is 0.150. The topological polar surface area (TPSA) is 77.2 Å². The smallest absolute Gasteiger partial charge is 0.261 e. The molecule has 1 amide bonds. The van der Waals surface area contributed by atoms with Crippen molar-refractivity contribution in [3.8, 4) is 11.5 Å². The second kappa shape index (κ2) is 6.72. The van der Waals surface area contributed by atoms with Crippen molar-refractivity contribution in [3.05, 3.63) is 66.1 Å². The van der Waals surface area contributed by atoms with Gasteiger partial charge in [0.15, 0.2) is 5.60 Å². The van der Waals surface area contributed by atoms with Gasteiger partial charge in [-0.15, -0.1) is 10.2 Å². The van der Waals surface area contributed by atoms with E-state index in [1.807, 2.05) is 54.6 Å². The van der Waals surface area contributed by atoms with Gasteiger partial charge in [-0.1, -0.05) is 30.3 Å². The first kappa shape index (κ1) is 16.5. The monoisotopic (exact) mass is 349 g/mol. The summed E-state index contributed by atoms with van der Waals surface area (Å²) in [6.07, 6.45) is 1.53. The molecule has 6 heteroatoms. The molecular formula is C20H19N3O3. The molecule has 0 bridgehead atoms. The average molecular weight is 349 g/mol. The number of carbonyl (C=O) groups is 1. The summed E-state index contributed by atoms with van der Waals surface area (Å²) in [6.45, 7) is 2.33. The third-order valence-corrected chi connectivity index (χ3v) is 4.54. The maximum Gasteiger partial charge on any atom is 0.261 e. The minimum Gasteiger partial charge on any atom is -0.421 e. The Hall–Kier alpha value is -2.99. The van der Waals surface area contributed by atoms with E-state index >= 15 is 0 Å². The van der Waals surface area contributed by atoms with Crippen molar-refractivity contribution in [2.24, 2.45) is 0 Å². The van der Waals surface area contributed by atoms with Crippen molar-refractivity contribution >= 4 is 11.6 Å². The molecule has 0 aliphatic carbocycles. The zero-order valence-corrected chi connectivity index (χ0v) is 14.4. The molecular weight excluding hydrogens is 330 g/mol. The Morgan fingerprint density at radius 3 is 2.46 bits per heavy atom. The summed E-state index contributed by atoms with van der Waals surface area (Å²) in [7, 11) is 0. The molecule has 0 spiro atoms. The van der Waals surface area contributed by atoms with Crippen LogP contribution in [0.25, 0.3) is 11.5 Å². The maximum atomic E-state index is 13.0.